The minimum absolute atomic E-state index is 0.314. The zero-order valence-electron chi connectivity index (χ0n) is 8.52. The van der Waals surface area contributed by atoms with Crippen LogP contribution in [0, 0.1) is 5.92 Å². The van der Waals surface area contributed by atoms with Crippen molar-refractivity contribution in [2.24, 2.45) is 5.92 Å². The van der Waals surface area contributed by atoms with Crippen LogP contribution in [0.25, 0.3) is 0 Å². The average Bonchev–Trinajstić information content (AvgIpc) is 2.04. The first-order chi connectivity index (χ1) is 5.60. The molecule has 0 aromatic rings. The second-order valence-electron chi connectivity index (χ2n) is 3.56. The summed E-state index contributed by atoms with van der Waals surface area (Å²) in [7, 11) is 0. The van der Waals surface area contributed by atoms with Gasteiger partial charge in [0.2, 0.25) is 0 Å². The normalized spacial score (nSPS) is 18.0. The van der Waals surface area contributed by atoms with E-state index >= 15 is 0 Å². The number of ether oxygens (including phenoxy) is 1. The third-order valence-electron chi connectivity index (χ3n) is 2.68. The first kappa shape index (κ1) is 11.5. The molecule has 0 aliphatic rings. The van der Waals surface area contributed by atoms with E-state index in [2.05, 4.69) is 20.8 Å². The summed E-state index contributed by atoms with van der Waals surface area (Å²) in [6.07, 6.45) is 2.97. The Bertz CT molecular complexity index is 134. The fourth-order valence-electron chi connectivity index (χ4n) is 1.42. The standard InChI is InChI=1S/C10H19O2/c1-5-7-10(4,12-8-11)9(3)6-2/h9H,5-7H2,1-4H3. The second-order valence-corrected chi connectivity index (χ2v) is 3.56. The van der Waals surface area contributed by atoms with Crippen molar-refractivity contribution in [3.63, 3.8) is 0 Å². The molecule has 0 aromatic heterocycles. The van der Waals surface area contributed by atoms with Crippen LogP contribution in [0.1, 0.15) is 47.0 Å². The summed E-state index contributed by atoms with van der Waals surface area (Å²) in [5.41, 5.74) is -0.314. The fraction of sp³-hybridized carbons (Fsp3) is 0.900. The molecule has 0 aliphatic carbocycles. The van der Waals surface area contributed by atoms with E-state index in [1.54, 1.807) is 6.47 Å². The average molecular weight is 171 g/mol. The van der Waals surface area contributed by atoms with E-state index in [4.69, 9.17) is 4.74 Å². The zero-order chi connectivity index (χ0) is 9.61. The van der Waals surface area contributed by atoms with Crippen LogP contribution >= 0.6 is 0 Å². The predicted octanol–water partition coefficient (Wildman–Crippen LogP) is 2.68. The van der Waals surface area contributed by atoms with Crippen molar-refractivity contribution in [1.82, 2.24) is 0 Å². The van der Waals surface area contributed by atoms with Gasteiger partial charge in [0, 0.05) is 0 Å². The van der Waals surface area contributed by atoms with Gasteiger partial charge in [-0.3, -0.25) is 0 Å². The molecule has 0 rings (SSSR count). The molecule has 0 amide bonds. The lowest BCUT2D eigenvalue weighted by molar-refractivity contribution is 0.00743. The van der Waals surface area contributed by atoms with Gasteiger partial charge in [-0.2, -0.15) is 0 Å². The maximum Gasteiger partial charge on any atom is 0.418 e. The smallest absolute Gasteiger partial charge is 0.418 e. The van der Waals surface area contributed by atoms with E-state index in [0.29, 0.717) is 5.92 Å². The minimum Gasteiger partial charge on any atom is -0.451 e. The van der Waals surface area contributed by atoms with Crippen LogP contribution in [0.2, 0.25) is 0 Å². The van der Waals surface area contributed by atoms with Gasteiger partial charge in [0.15, 0.2) is 0 Å². The first-order valence-electron chi connectivity index (χ1n) is 4.65. The molecular formula is C10H19O2. The van der Waals surface area contributed by atoms with Crippen LogP contribution in [0.3, 0.4) is 0 Å². The lowest BCUT2D eigenvalue weighted by atomic mass is 9.85. The van der Waals surface area contributed by atoms with Crippen molar-refractivity contribution in [3.8, 4) is 0 Å². The largest absolute Gasteiger partial charge is 0.451 e. The van der Waals surface area contributed by atoms with E-state index in [9.17, 15) is 4.79 Å². The fourth-order valence-corrected chi connectivity index (χ4v) is 1.42. The Hall–Kier alpha value is -0.530. The Labute approximate surface area is 75.3 Å². The molecule has 0 saturated carbocycles. The highest BCUT2D eigenvalue weighted by atomic mass is 16.5. The number of hydrogen-bond acceptors (Lipinski definition) is 2. The Morgan fingerprint density at radius 2 is 2.08 bits per heavy atom. The summed E-state index contributed by atoms with van der Waals surface area (Å²) in [6, 6.07) is 0. The maximum absolute atomic E-state index is 10.2. The van der Waals surface area contributed by atoms with Crippen LogP contribution in [-0.2, 0) is 9.53 Å². The van der Waals surface area contributed by atoms with Crippen LogP contribution in [0.4, 0.5) is 0 Å². The second kappa shape index (κ2) is 5.18. The molecule has 1 radical (unpaired) electrons. The molecule has 0 bridgehead atoms. The molecule has 0 fully saturated rings. The van der Waals surface area contributed by atoms with E-state index in [1.807, 2.05) is 6.92 Å². The molecule has 0 aromatic carbocycles. The van der Waals surface area contributed by atoms with Gasteiger partial charge in [-0.25, -0.2) is 4.79 Å². The Kier molecular flexibility index (Phi) is 4.95. The van der Waals surface area contributed by atoms with E-state index in [1.165, 1.54) is 0 Å². The SMILES string of the molecule is CCCC(C)(O[C]=O)C(C)CC. The highest BCUT2D eigenvalue weighted by Crippen LogP contribution is 2.28. The van der Waals surface area contributed by atoms with Crippen molar-refractivity contribution in [3.05, 3.63) is 0 Å². The lowest BCUT2D eigenvalue weighted by Crippen LogP contribution is -2.35. The van der Waals surface area contributed by atoms with Gasteiger partial charge in [-0.15, -0.1) is 0 Å². The van der Waals surface area contributed by atoms with Crippen molar-refractivity contribution < 1.29 is 9.53 Å². The van der Waals surface area contributed by atoms with Gasteiger partial charge in [0.05, 0.1) is 0 Å². The topological polar surface area (TPSA) is 26.3 Å². The van der Waals surface area contributed by atoms with E-state index < -0.39 is 0 Å². The van der Waals surface area contributed by atoms with Crippen LogP contribution in [0.15, 0.2) is 0 Å². The molecule has 0 aliphatic heterocycles. The van der Waals surface area contributed by atoms with Crippen molar-refractivity contribution >= 4 is 6.47 Å². The van der Waals surface area contributed by atoms with Crippen molar-refractivity contribution in [2.45, 2.75) is 52.6 Å². The highest BCUT2D eigenvalue weighted by Gasteiger charge is 2.30. The summed E-state index contributed by atoms with van der Waals surface area (Å²) in [4.78, 5) is 10.2. The molecule has 2 heteroatoms. The molecule has 2 nitrogen and oxygen atoms in total. The van der Waals surface area contributed by atoms with Crippen molar-refractivity contribution in [2.75, 3.05) is 0 Å². The molecule has 0 N–H and O–H groups in total. The molecule has 71 valence electrons. The third-order valence-corrected chi connectivity index (χ3v) is 2.68. The van der Waals surface area contributed by atoms with Crippen LogP contribution < -0.4 is 0 Å². The quantitative estimate of drug-likeness (QED) is 0.614. The van der Waals surface area contributed by atoms with Gasteiger partial charge in [-0.1, -0.05) is 27.2 Å². The molecule has 2 atom stereocenters. The summed E-state index contributed by atoms with van der Waals surface area (Å²) in [6.45, 7) is 9.84. The lowest BCUT2D eigenvalue weighted by Gasteiger charge is -2.32. The van der Waals surface area contributed by atoms with E-state index in [-0.39, 0.29) is 5.60 Å². The molecule has 12 heavy (non-hydrogen) atoms. The predicted molar refractivity (Wildman–Crippen MR) is 49.5 cm³/mol. The Balaban J connectivity index is 4.25. The monoisotopic (exact) mass is 171 g/mol. The first-order valence-corrected chi connectivity index (χ1v) is 4.65. The summed E-state index contributed by atoms with van der Waals surface area (Å²) in [5.74, 6) is 0.402. The molecule has 2 unspecified atom stereocenters. The van der Waals surface area contributed by atoms with Gasteiger partial charge >= 0.3 is 6.47 Å². The number of rotatable bonds is 6. The van der Waals surface area contributed by atoms with Crippen LogP contribution in [0.5, 0.6) is 0 Å². The third kappa shape index (κ3) is 2.84. The molecular weight excluding hydrogens is 152 g/mol. The summed E-state index contributed by atoms with van der Waals surface area (Å²) in [5, 5.41) is 0. The molecule has 0 spiro atoms. The Morgan fingerprint density at radius 3 is 2.42 bits per heavy atom. The summed E-state index contributed by atoms with van der Waals surface area (Å²) < 4.78 is 5.02. The minimum atomic E-state index is -0.314. The maximum atomic E-state index is 10.2. The molecule has 0 saturated heterocycles. The van der Waals surface area contributed by atoms with Crippen LogP contribution in [-0.4, -0.2) is 12.1 Å². The van der Waals surface area contributed by atoms with Gasteiger partial charge in [0.25, 0.3) is 0 Å². The van der Waals surface area contributed by atoms with Gasteiger partial charge < -0.3 is 4.74 Å². The van der Waals surface area contributed by atoms with Gasteiger partial charge in [-0.05, 0) is 25.7 Å². The Morgan fingerprint density at radius 1 is 1.50 bits per heavy atom. The number of carbonyl (C=O) groups excluding carboxylic acids is 1. The highest BCUT2D eigenvalue weighted by molar-refractivity contribution is 5.39. The zero-order valence-corrected chi connectivity index (χ0v) is 8.52. The van der Waals surface area contributed by atoms with Gasteiger partial charge in [0.1, 0.15) is 5.60 Å². The molecule has 0 heterocycles. The van der Waals surface area contributed by atoms with Crippen molar-refractivity contribution in [1.29, 1.82) is 0 Å². The van der Waals surface area contributed by atoms with E-state index in [0.717, 1.165) is 19.3 Å². The summed E-state index contributed by atoms with van der Waals surface area (Å²) >= 11 is 0. The number of hydrogen-bond donors (Lipinski definition) is 0.